The van der Waals surface area contributed by atoms with Gasteiger partial charge in [0.05, 0.1) is 5.69 Å². The van der Waals surface area contributed by atoms with Crippen LogP contribution in [0.4, 0.5) is 10.5 Å². The van der Waals surface area contributed by atoms with Gasteiger partial charge in [0.1, 0.15) is 0 Å². The smallest absolute Gasteiger partial charge is 0.319 e. The van der Waals surface area contributed by atoms with Gasteiger partial charge >= 0.3 is 12.0 Å². The van der Waals surface area contributed by atoms with Gasteiger partial charge in [0, 0.05) is 17.9 Å². The Hall–Kier alpha value is -1.69. The molecule has 1 aromatic carbocycles. The lowest BCUT2D eigenvalue weighted by atomic mass is 10.1. The molecule has 0 aromatic heterocycles. The third-order valence-corrected chi connectivity index (χ3v) is 3.75. The van der Waals surface area contributed by atoms with Crippen molar-refractivity contribution in [2.75, 3.05) is 18.1 Å². The second kappa shape index (κ2) is 10.1. The summed E-state index contributed by atoms with van der Waals surface area (Å²) in [7, 11) is 0. The first-order chi connectivity index (χ1) is 10.1. The van der Waals surface area contributed by atoms with E-state index in [0.717, 1.165) is 29.8 Å². The van der Waals surface area contributed by atoms with Crippen LogP contribution in [0.1, 0.15) is 32.1 Å². The number of hydrogen-bond acceptors (Lipinski definition) is 3. The Morgan fingerprint density at radius 3 is 2.57 bits per heavy atom. The monoisotopic (exact) mass is 310 g/mol. The van der Waals surface area contributed by atoms with Gasteiger partial charge in [-0.3, -0.25) is 4.79 Å². The summed E-state index contributed by atoms with van der Waals surface area (Å²) in [5.74, 6) is -0.750. The van der Waals surface area contributed by atoms with Crippen molar-refractivity contribution in [3.8, 4) is 0 Å². The number of anilines is 1. The van der Waals surface area contributed by atoms with E-state index in [1.165, 1.54) is 0 Å². The second-order valence-corrected chi connectivity index (χ2v) is 5.49. The molecule has 6 heteroatoms. The number of nitrogens with one attached hydrogen (secondary N) is 2. The molecule has 116 valence electrons. The van der Waals surface area contributed by atoms with Gasteiger partial charge in [-0.05, 0) is 31.2 Å². The van der Waals surface area contributed by atoms with E-state index < -0.39 is 5.97 Å². The molecule has 0 heterocycles. The van der Waals surface area contributed by atoms with E-state index in [-0.39, 0.29) is 12.5 Å². The van der Waals surface area contributed by atoms with Gasteiger partial charge in [0.25, 0.3) is 0 Å². The molecule has 0 saturated heterocycles. The van der Waals surface area contributed by atoms with E-state index in [9.17, 15) is 9.59 Å². The molecule has 21 heavy (non-hydrogen) atoms. The van der Waals surface area contributed by atoms with Gasteiger partial charge in [-0.2, -0.15) is 0 Å². The molecular formula is C15H22N2O3S. The molecule has 0 atom stereocenters. The number of carboxylic acids is 1. The van der Waals surface area contributed by atoms with E-state index >= 15 is 0 Å². The molecule has 0 bridgehead atoms. The number of benzene rings is 1. The lowest BCUT2D eigenvalue weighted by Crippen LogP contribution is -2.29. The van der Waals surface area contributed by atoms with Crippen molar-refractivity contribution in [3.63, 3.8) is 0 Å². The predicted octanol–water partition coefficient (Wildman–Crippen LogP) is 3.57. The Balaban J connectivity index is 2.15. The van der Waals surface area contributed by atoms with Crippen molar-refractivity contribution in [2.45, 2.75) is 37.0 Å². The number of unbranched alkanes of at least 4 members (excludes halogenated alkanes) is 3. The van der Waals surface area contributed by atoms with Crippen molar-refractivity contribution in [2.24, 2.45) is 0 Å². The quantitative estimate of drug-likeness (QED) is 0.481. The Bertz CT molecular complexity index is 466. The van der Waals surface area contributed by atoms with Gasteiger partial charge in [0.15, 0.2) is 0 Å². The van der Waals surface area contributed by atoms with Crippen LogP contribution in [0.5, 0.6) is 0 Å². The van der Waals surface area contributed by atoms with Gasteiger partial charge in [-0.15, -0.1) is 11.8 Å². The minimum Gasteiger partial charge on any atom is -0.481 e. The zero-order valence-electron chi connectivity index (χ0n) is 12.2. The summed E-state index contributed by atoms with van der Waals surface area (Å²) in [5, 5.41) is 14.1. The number of carbonyl (C=O) groups excluding carboxylic acids is 1. The molecule has 1 rings (SSSR count). The van der Waals surface area contributed by atoms with E-state index in [1.54, 1.807) is 11.8 Å². The maximum atomic E-state index is 11.7. The van der Waals surface area contributed by atoms with Crippen LogP contribution in [0.25, 0.3) is 0 Å². The Morgan fingerprint density at radius 1 is 1.14 bits per heavy atom. The van der Waals surface area contributed by atoms with E-state index in [4.69, 9.17) is 5.11 Å². The van der Waals surface area contributed by atoms with Crippen LogP contribution in [0.3, 0.4) is 0 Å². The molecule has 2 amide bonds. The van der Waals surface area contributed by atoms with E-state index in [0.29, 0.717) is 13.0 Å². The Kier molecular flexibility index (Phi) is 8.35. The van der Waals surface area contributed by atoms with Crippen molar-refractivity contribution in [1.82, 2.24) is 5.32 Å². The summed E-state index contributed by atoms with van der Waals surface area (Å²) in [4.78, 5) is 23.1. The fraction of sp³-hybridized carbons (Fsp3) is 0.467. The number of thioether (sulfide) groups is 1. The summed E-state index contributed by atoms with van der Waals surface area (Å²) >= 11 is 1.59. The SMILES string of the molecule is CSc1ccccc1NC(=O)NCCCCCCC(=O)O. The van der Waals surface area contributed by atoms with Crippen LogP contribution < -0.4 is 10.6 Å². The van der Waals surface area contributed by atoms with Crippen molar-refractivity contribution in [3.05, 3.63) is 24.3 Å². The molecule has 0 radical (unpaired) electrons. The number of carboxylic acid groups (broad SMARTS) is 1. The highest BCUT2D eigenvalue weighted by Gasteiger charge is 2.04. The topological polar surface area (TPSA) is 78.4 Å². The first-order valence-electron chi connectivity index (χ1n) is 7.03. The number of rotatable bonds is 9. The molecular weight excluding hydrogens is 288 g/mol. The number of aliphatic carboxylic acids is 1. The van der Waals surface area contributed by atoms with Crippen molar-refractivity contribution < 1.29 is 14.7 Å². The summed E-state index contributed by atoms with van der Waals surface area (Å²) in [6, 6.07) is 7.45. The van der Waals surface area contributed by atoms with Crippen LogP contribution in [0, 0.1) is 0 Å². The average Bonchev–Trinajstić information content (AvgIpc) is 2.46. The highest BCUT2D eigenvalue weighted by Crippen LogP contribution is 2.24. The maximum Gasteiger partial charge on any atom is 0.319 e. The lowest BCUT2D eigenvalue weighted by molar-refractivity contribution is -0.137. The Morgan fingerprint density at radius 2 is 1.86 bits per heavy atom. The number of carbonyl (C=O) groups is 2. The molecule has 0 fully saturated rings. The largest absolute Gasteiger partial charge is 0.481 e. The molecule has 1 aromatic rings. The van der Waals surface area contributed by atoms with Crippen LogP contribution in [0.15, 0.2) is 29.2 Å². The van der Waals surface area contributed by atoms with E-state index in [2.05, 4.69) is 10.6 Å². The second-order valence-electron chi connectivity index (χ2n) is 4.64. The number of urea groups is 1. The third kappa shape index (κ3) is 7.60. The fourth-order valence-electron chi connectivity index (χ4n) is 1.87. The standard InChI is InChI=1S/C15H22N2O3S/c1-21-13-9-6-5-8-12(13)17-15(20)16-11-7-3-2-4-10-14(18)19/h5-6,8-9H,2-4,7,10-11H2,1H3,(H,18,19)(H2,16,17,20). The summed E-state index contributed by atoms with van der Waals surface area (Å²) in [6.45, 7) is 0.598. The minimum atomic E-state index is -0.750. The predicted molar refractivity (Wildman–Crippen MR) is 86.0 cm³/mol. The molecule has 0 spiro atoms. The number of para-hydroxylation sites is 1. The molecule has 0 saturated carbocycles. The van der Waals surface area contributed by atoms with Crippen molar-refractivity contribution in [1.29, 1.82) is 0 Å². The number of hydrogen-bond donors (Lipinski definition) is 3. The normalized spacial score (nSPS) is 10.1. The summed E-state index contributed by atoms with van der Waals surface area (Å²) < 4.78 is 0. The third-order valence-electron chi connectivity index (χ3n) is 2.96. The maximum absolute atomic E-state index is 11.7. The lowest BCUT2D eigenvalue weighted by Gasteiger charge is -2.10. The molecule has 0 aliphatic carbocycles. The van der Waals surface area contributed by atoms with E-state index in [1.807, 2.05) is 30.5 Å². The first-order valence-corrected chi connectivity index (χ1v) is 8.25. The summed E-state index contributed by atoms with van der Waals surface area (Å²) in [6.07, 6.45) is 5.55. The summed E-state index contributed by atoms with van der Waals surface area (Å²) in [5.41, 5.74) is 0.809. The zero-order valence-corrected chi connectivity index (χ0v) is 13.0. The zero-order chi connectivity index (χ0) is 15.5. The number of amides is 2. The van der Waals surface area contributed by atoms with Gasteiger partial charge < -0.3 is 15.7 Å². The molecule has 5 nitrogen and oxygen atoms in total. The highest BCUT2D eigenvalue weighted by atomic mass is 32.2. The molecule has 0 aliphatic rings. The van der Waals surface area contributed by atoms with Gasteiger partial charge in [0.2, 0.25) is 0 Å². The van der Waals surface area contributed by atoms with Crippen LogP contribution in [-0.2, 0) is 4.79 Å². The van der Waals surface area contributed by atoms with Crippen LogP contribution >= 0.6 is 11.8 Å². The highest BCUT2D eigenvalue weighted by molar-refractivity contribution is 7.98. The van der Waals surface area contributed by atoms with Crippen LogP contribution in [-0.4, -0.2) is 29.9 Å². The van der Waals surface area contributed by atoms with Crippen LogP contribution in [0.2, 0.25) is 0 Å². The minimum absolute atomic E-state index is 0.206. The average molecular weight is 310 g/mol. The van der Waals surface area contributed by atoms with Gasteiger partial charge in [-0.25, -0.2) is 4.79 Å². The first kappa shape index (κ1) is 17.4. The molecule has 3 N–H and O–H groups in total. The molecule has 0 aliphatic heterocycles. The van der Waals surface area contributed by atoms with Crippen molar-refractivity contribution >= 4 is 29.4 Å². The molecule has 0 unspecified atom stereocenters. The van der Waals surface area contributed by atoms with Gasteiger partial charge in [-0.1, -0.05) is 25.0 Å². The fourth-order valence-corrected chi connectivity index (χ4v) is 2.42. The Labute approximate surface area is 129 Å².